The number of ether oxygens (including phenoxy) is 1. The van der Waals surface area contributed by atoms with E-state index in [0.29, 0.717) is 13.2 Å². The van der Waals surface area contributed by atoms with Gasteiger partial charge in [-0.25, -0.2) is 0 Å². The second kappa shape index (κ2) is 6.06. The summed E-state index contributed by atoms with van der Waals surface area (Å²) < 4.78 is 5.72. The first kappa shape index (κ1) is 14.4. The van der Waals surface area contributed by atoms with Gasteiger partial charge in [0.1, 0.15) is 12.4 Å². The number of hydrogen-bond acceptors (Lipinski definition) is 3. The van der Waals surface area contributed by atoms with Crippen molar-refractivity contribution < 1.29 is 9.53 Å². The van der Waals surface area contributed by atoms with Crippen LogP contribution < -0.4 is 15.8 Å². The lowest BCUT2D eigenvalue weighted by atomic mass is 9.81. The second-order valence-electron chi connectivity index (χ2n) is 6.35. The molecule has 1 aromatic carbocycles. The monoisotopic (exact) mass is 288 g/mol. The topological polar surface area (TPSA) is 64.3 Å². The van der Waals surface area contributed by atoms with Crippen molar-refractivity contribution in [3.8, 4) is 5.75 Å². The molecule has 1 fully saturated rings. The molecule has 0 saturated heterocycles. The van der Waals surface area contributed by atoms with Gasteiger partial charge in [-0.2, -0.15) is 0 Å². The number of fused-ring (bicyclic) bond motifs is 1. The molecule has 2 aliphatic rings. The number of hydrogen-bond donors (Lipinski definition) is 2. The Morgan fingerprint density at radius 2 is 2.05 bits per heavy atom. The van der Waals surface area contributed by atoms with Crippen LogP contribution >= 0.6 is 0 Å². The molecule has 0 radical (unpaired) electrons. The smallest absolute Gasteiger partial charge is 0.227 e. The van der Waals surface area contributed by atoms with Crippen LogP contribution in [-0.4, -0.2) is 24.6 Å². The third-order valence-corrected chi connectivity index (χ3v) is 4.84. The highest BCUT2D eigenvalue weighted by Crippen LogP contribution is 2.30. The molecule has 1 aliphatic heterocycles. The Bertz CT molecular complexity index is 509. The van der Waals surface area contributed by atoms with Gasteiger partial charge in [-0.1, -0.05) is 37.5 Å². The van der Waals surface area contributed by atoms with E-state index in [4.69, 9.17) is 10.5 Å². The summed E-state index contributed by atoms with van der Waals surface area (Å²) in [5.41, 5.74) is 6.88. The molecule has 4 heteroatoms. The minimum atomic E-state index is -0.188. The Hall–Kier alpha value is -1.55. The Morgan fingerprint density at radius 3 is 2.81 bits per heavy atom. The van der Waals surface area contributed by atoms with E-state index in [1.165, 1.54) is 6.42 Å². The summed E-state index contributed by atoms with van der Waals surface area (Å²) in [5, 5.41) is 3.24. The summed E-state index contributed by atoms with van der Waals surface area (Å²) in [6.45, 7) is 0.992. The summed E-state index contributed by atoms with van der Waals surface area (Å²) in [6.07, 6.45) is 6.31. The number of nitrogens with one attached hydrogen (secondary N) is 1. The summed E-state index contributed by atoms with van der Waals surface area (Å²) in [6, 6.07) is 7.95. The van der Waals surface area contributed by atoms with Crippen molar-refractivity contribution in [1.82, 2.24) is 5.32 Å². The zero-order valence-corrected chi connectivity index (χ0v) is 12.4. The first-order chi connectivity index (χ1) is 10.2. The SMILES string of the molecule is NCC1(NC(=O)C2COc3ccccc3C2)CCCCC1. The van der Waals surface area contributed by atoms with Gasteiger partial charge in [0.05, 0.1) is 11.5 Å². The number of para-hydroxylation sites is 1. The third-order valence-electron chi connectivity index (χ3n) is 4.84. The fourth-order valence-corrected chi connectivity index (χ4v) is 3.47. The van der Waals surface area contributed by atoms with Crippen molar-refractivity contribution in [3.05, 3.63) is 29.8 Å². The zero-order valence-electron chi connectivity index (χ0n) is 12.4. The molecule has 3 N–H and O–H groups in total. The molecule has 1 atom stereocenters. The minimum absolute atomic E-state index is 0.0943. The lowest BCUT2D eigenvalue weighted by molar-refractivity contribution is -0.128. The van der Waals surface area contributed by atoms with E-state index in [1.54, 1.807) is 0 Å². The van der Waals surface area contributed by atoms with Gasteiger partial charge in [-0.05, 0) is 30.9 Å². The summed E-state index contributed by atoms with van der Waals surface area (Å²) in [4.78, 5) is 12.6. The summed E-state index contributed by atoms with van der Waals surface area (Å²) >= 11 is 0. The van der Waals surface area contributed by atoms with Crippen LogP contribution in [0.2, 0.25) is 0 Å². The van der Waals surface area contributed by atoms with Crippen LogP contribution in [0.4, 0.5) is 0 Å². The van der Waals surface area contributed by atoms with Gasteiger partial charge in [0.25, 0.3) is 0 Å². The molecule has 0 spiro atoms. The number of rotatable bonds is 3. The number of nitrogens with two attached hydrogens (primary N) is 1. The lowest BCUT2D eigenvalue weighted by Gasteiger charge is -2.38. The molecular formula is C17H24N2O2. The molecular weight excluding hydrogens is 264 g/mol. The van der Waals surface area contributed by atoms with Crippen LogP contribution in [0.25, 0.3) is 0 Å². The predicted molar refractivity (Wildman–Crippen MR) is 82.1 cm³/mol. The first-order valence-electron chi connectivity index (χ1n) is 7.95. The lowest BCUT2D eigenvalue weighted by Crippen LogP contribution is -2.57. The normalized spacial score (nSPS) is 23.8. The maximum Gasteiger partial charge on any atom is 0.227 e. The maximum atomic E-state index is 12.6. The van der Waals surface area contributed by atoms with Gasteiger partial charge in [-0.15, -0.1) is 0 Å². The number of carbonyl (C=O) groups is 1. The molecule has 1 saturated carbocycles. The van der Waals surface area contributed by atoms with E-state index >= 15 is 0 Å². The Kier molecular flexibility index (Phi) is 4.15. The Labute approximate surface area is 126 Å². The average Bonchev–Trinajstić information content (AvgIpc) is 2.55. The molecule has 1 heterocycles. The largest absolute Gasteiger partial charge is 0.492 e. The molecule has 21 heavy (non-hydrogen) atoms. The van der Waals surface area contributed by atoms with Crippen molar-refractivity contribution in [1.29, 1.82) is 0 Å². The predicted octanol–water partition coefficient (Wildman–Crippen LogP) is 2.02. The molecule has 1 amide bonds. The van der Waals surface area contributed by atoms with Gasteiger partial charge in [0.15, 0.2) is 0 Å². The standard InChI is InChI=1S/C17H24N2O2/c18-12-17(8-4-1-5-9-17)19-16(20)14-10-13-6-2-3-7-15(13)21-11-14/h2-3,6-7,14H,1,4-5,8-12,18H2,(H,19,20). The van der Waals surface area contributed by atoms with Crippen LogP contribution in [0, 0.1) is 5.92 Å². The van der Waals surface area contributed by atoms with Crippen LogP contribution in [0.15, 0.2) is 24.3 Å². The second-order valence-corrected chi connectivity index (χ2v) is 6.35. The summed E-state index contributed by atoms with van der Waals surface area (Å²) in [7, 11) is 0. The van der Waals surface area contributed by atoms with Crippen LogP contribution in [-0.2, 0) is 11.2 Å². The van der Waals surface area contributed by atoms with E-state index in [1.807, 2.05) is 24.3 Å². The highest BCUT2D eigenvalue weighted by atomic mass is 16.5. The fraction of sp³-hybridized carbons (Fsp3) is 0.588. The molecule has 4 nitrogen and oxygen atoms in total. The van der Waals surface area contributed by atoms with Crippen molar-refractivity contribution in [2.24, 2.45) is 11.7 Å². The van der Waals surface area contributed by atoms with E-state index in [-0.39, 0.29) is 17.4 Å². The molecule has 1 aromatic rings. The molecule has 0 bridgehead atoms. The highest BCUT2D eigenvalue weighted by molar-refractivity contribution is 5.80. The van der Waals surface area contributed by atoms with E-state index in [0.717, 1.165) is 43.4 Å². The highest BCUT2D eigenvalue weighted by Gasteiger charge is 2.35. The van der Waals surface area contributed by atoms with E-state index in [2.05, 4.69) is 5.32 Å². The molecule has 3 rings (SSSR count). The van der Waals surface area contributed by atoms with Gasteiger partial charge in [-0.3, -0.25) is 4.79 Å². The van der Waals surface area contributed by atoms with E-state index in [9.17, 15) is 4.79 Å². The molecule has 114 valence electrons. The first-order valence-corrected chi connectivity index (χ1v) is 7.95. The minimum Gasteiger partial charge on any atom is -0.492 e. The van der Waals surface area contributed by atoms with Gasteiger partial charge < -0.3 is 15.8 Å². The molecule has 0 aromatic heterocycles. The number of benzene rings is 1. The van der Waals surface area contributed by atoms with Crippen molar-refractivity contribution >= 4 is 5.91 Å². The zero-order chi connectivity index (χ0) is 14.7. The molecule has 1 aliphatic carbocycles. The van der Waals surface area contributed by atoms with Crippen LogP contribution in [0.5, 0.6) is 5.75 Å². The number of amides is 1. The molecule has 1 unspecified atom stereocenters. The van der Waals surface area contributed by atoms with Crippen molar-refractivity contribution in [2.45, 2.75) is 44.1 Å². The quantitative estimate of drug-likeness (QED) is 0.894. The van der Waals surface area contributed by atoms with Crippen LogP contribution in [0.1, 0.15) is 37.7 Å². The Balaban J connectivity index is 1.66. The van der Waals surface area contributed by atoms with Gasteiger partial charge in [0, 0.05) is 6.54 Å². The third kappa shape index (κ3) is 3.05. The van der Waals surface area contributed by atoms with E-state index < -0.39 is 0 Å². The van der Waals surface area contributed by atoms with Crippen LogP contribution in [0.3, 0.4) is 0 Å². The van der Waals surface area contributed by atoms with Gasteiger partial charge in [0.2, 0.25) is 5.91 Å². The Morgan fingerprint density at radius 1 is 1.29 bits per heavy atom. The maximum absolute atomic E-state index is 12.6. The fourth-order valence-electron chi connectivity index (χ4n) is 3.47. The van der Waals surface area contributed by atoms with Crippen molar-refractivity contribution in [2.75, 3.05) is 13.2 Å². The van der Waals surface area contributed by atoms with Crippen molar-refractivity contribution in [3.63, 3.8) is 0 Å². The summed E-state index contributed by atoms with van der Waals surface area (Å²) in [5.74, 6) is 0.898. The average molecular weight is 288 g/mol. The van der Waals surface area contributed by atoms with Gasteiger partial charge >= 0.3 is 0 Å². The number of carbonyl (C=O) groups excluding carboxylic acids is 1.